The fraction of sp³-hybridized carbons (Fsp3) is 0.273. The maximum absolute atomic E-state index is 4.37. The van der Waals surface area contributed by atoms with E-state index in [1.165, 1.54) is 6.33 Å². The molecule has 0 saturated heterocycles. The lowest BCUT2D eigenvalue weighted by molar-refractivity contribution is 0.799. The topological polar surface area (TPSA) is 83.8 Å². The van der Waals surface area contributed by atoms with Crippen LogP contribution in [0.3, 0.4) is 0 Å². The maximum atomic E-state index is 4.37. The second kappa shape index (κ2) is 5.35. The van der Waals surface area contributed by atoms with Gasteiger partial charge >= 0.3 is 0 Å². The minimum Gasteiger partial charge on any atom is -0.353 e. The van der Waals surface area contributed by atoms with Crippen molar-refractivity contribution in [3.63, 3.8) is 0 Å². The molecule has 19 heavy (non-hydrogen) atoms. The summed E-state index contributed by atoms with van der Waals surface area (Å²) in [5, 5.41) is 14.2. The number of hydrogen-bond acceptors (Lipinski definition) is 5. The molecular formula is C11H12BrN7. The van der Waals surface area contributed by atoms with Gasteiger partial charge in [-0.05, 0) is 34.5 Å². The first kappa shape index (κ1) is 12.1. The van der Waals surface area contributed by atoms with E-state index >= 15 is 0 Å². The first-order chi connectivity index (χ1) is 9.31. The Labute approximate surface area is 117 Å². The molecule has 7 nitrogen and oxygen atoms in total. The Morgan fingerprint density at radius 2 is 2.32 bits per heavy atom. The molecule has 0 bridgehead atoms. The molecule has 0 unspecified atom stereocenters. The van der Waals surface area contributed by atoms with Crippen molar-refractivity contribution in [2.75, 3.05) is 11.9 Å². The van der Waals surface area contributed by atoms with Gasteiger partial charge in [-0.25, -0.2) is 9.50 Å². The second-order valence-corrected chi connectivity index (χ2v) is 4.96. The van der Waals surface area contributed by atoms with Gasteiger partial charge in [-0.15, -0.1) is 5.10 Å². The summed E-state index contributed by atoms with van der Waals surface area (Å²) < 4.78 is 2.71. The highest BCUT2D eigenvalue weighted by atomic mass is 79.9. The molecule has 3 aromatic heterocycles. The van der Waals surface area contributed by atoms with E-state index < -0.39 is 0 Å². The van der Waals surface area contributed by atoms with Crippen LogP contribution in [0.5, 0.6) is 0 Å². The molecule has 0 spiro atoms. The van der Waals surface area contributed by atoms with Crippen molar-refractivity contribution in [1.82, 2.24) is 29.8 Å². The zero-order chi connectivity index (χ0) is 13.1. The smallest absolute Gasteiger partial charge is 0.243 e. The molecule has 0 atom stereocenters. The van der Waals surface area contributed by atoms with E-state index in [9.17, 15) is 0 Å². The molecule has 8 heteroatoms. The zero-order valence-corrected chi connectivity index (χ0v) is 11.6. The lowest BCUT2D eigenvalue weighted by Gasteiger charge is -1.99. The fourth-order valence-corrected chi connectivity index (χ4v) is 2.07. The van der Waals surface area contributed by atoms with Crippen molar-refractivity contribution >= 4 is 27.5 Å². The van der Waals surface area contributed by atoms with E-state index in [4.69, 9.17) is 0 Å². The predicted molar refractivity (Wildman–Crippen MR) is 73.9 cm³/mol. The Morgan fingerprint density at radius 1 is 1.37 bits per heavy atom. The number of nitrogens with zero attached hydrogens (tertiary/aromatic N) is 5. The number of aryl methyl sites for hydroxylation is 1. The number of aromatic amines is 1. The zero-order valence-electron chi connectivity index (χ0n) is 10.0. The van der Waals surface area contributed by atoms with Gasteiger partial charge in [0.1, 0.15) is 12.2 Å². The van der Waals surface area contributed by atoms with Gasteiger partial charge < -0.3 is 5.32 Å². The van der Waals surface area contributed by atoms with E-state index in [0.717, 1.165) is 35.3 Å². The molecule has 2 N–H and O–H groups in total. The molecule has 3 aromatic rings. The summed E-state index contributed by atoms with van der Waals surface area (Å²) in [7, 11) is 0. The summed E-state index contributed by atoms with van der Waals surface area (Å²) in [4.78, 5) is 8.44. The number of hydrogen-bond donors (Lipinski definition) is 2. The summed E-state index contributed by atoms with van der Waals surface area (Å²) in [5.41, 5.74) is 0.820. The molecule has 98 valence electrons. The number of halogens is 1. The predicted octanol–water partition coefficient (Wildman–Crippen LogP) is 1.65. The lowest BCUT2D eigenvalue weighted by Crippen LogP contribution is -2.05. The minimum absolute atomic E-state index is 0.635. The Morgan fingerprint density at radius 3 is 3.16 bits per heavy atom. The highest BCUT2D eigenvalue weighted by Crippen LogP contribution is 2.12. The number of anilines is 1. The highest BCUT2D eigenvalue weighted by Gasteiger charge is 2.03. The quantitative estimate of drug-likeness (QED) is 0.698. The van der Waals surface area contributed by atoms with Crippen molar-refractivity contribution < 1.29 is 0 Å². The molecule has 0 saturated carbocycles. The van der Waals surface area contributed by atoms with Crippen LogP contribution in [-0.4, -0.2) is 36.3 Å². The number of rotatable bonds is 5. The van der Waals surface area contributed by atoms with Gasteiger partial charge in [0.05, 0.1) is 0 Å². The van der Waals surface area contributed by atoms with E-state index in [1.807, 2.05) is 18.3 Å². The number of nitrogens with one attached hydrogen (secondary N) is 2. The number of aromatic nitrogens is 6. The van der Waals surface area contributed by atoms with Crippen LogP contribution < -0.4 is 5.32 Å². The average molecular weight is 322 g/mol. The van der Waals surface area contributed by atoms with Gasteiger partial charge in [-0.1, -0.05) is 0 Å². The van der Waals surface area contributed by atoms with Crippen molar-refractivity contribution in [1.29, 1.82) is 0 Å². The molecule has 3 heterocycles. The third kappa shape index (κ3) is 2.90. The first-order valence-electron chi connectivity index (χ1n) is 5.91. The van der Waals surface area contributed by atoms with E-state index in [-0.39, 0.29) is 0 Å². The van der Waals surface area contributed by atoms with Crippen LogP contribution in [0.15, 0.2) is 29.1 Å². The first-order valence-corrected chi connectivity index (χ1v) is 6.70. The molecule has 0 aliphatic carbocycles. The van der Waals surface area contributed by atoms with Crippen molar-refractivity contribution in [3.05, 3.63) is 35.0 Å². The molecule has 0 fully saturated rings. The largest absolute Gasteiger partial charge is 0.353 e. The van der Waals surface area contributed by atoms with Crippen LogP contribution in [0.25, 0.3) is 5.65 Å². The summed E-state index contributed by atoms with van der Waals surface area (Å²) >= 11 is 3.40. The maximum Gasteiger partial charge on any atom is 0.243 e. The fourth-order valence-electron chi connectivity index (χ4n) is 1.74. The number of H-pyrrole nitrogens is 1. The minimum atomic E-state index is 0.635. The van der Waals surface area contributed by atoms with Crippen molar-refractivity contribution in [3.8, 4) is 0 Å². The van der Waals surface area contributed by atoms with Crippen LogP contribution in [0.4, 0.5) is 5.95 Å². The third-order valence-electron chi connectivity index (χ3n) is 2.63. The lowest BCUT2D eigenvalue weighted by atomic mass is 10.3. The molecular weight excluding hydrogens is 310 g/mol. The van der Waals surface area contributed by atoms with Gasteiger partial charge in [0.15, 0.2) is 5.65 Å². The Bertz CT molecular complexity index is 661. The van der Waals surface area contributed by atoms with Gasteiger partial charge in [-0.2, -0.15) is 10.1 Å². The Kier molecular flexibility index (Phi) is 3.41. The van der Waals surface area contributed by atoms with Crippen molar-refractivity contribution in [2.45, 2.75) is 12.8 Å². The molecule has 0 radical (unpaired) electrons. The molecule has 3 rings (SSSR count). The normalized spacial score (nSPS) is 11.0. The number of fused-ring (bicyclic) bond motifs is 1. The van der Waals surface area contributed by atoms with Crippen LogP contribution in [-0.2, 0) is 6.42 Å². The molecule has 0 aliphatic rings. The van der Waals surface area contributed by atoms with Crippen LogP contribution in [0.1, 0.15) is 12.2 Å². The summed E-state index contributed by atoms with van der Waals surface area (Å²) in [6.45, 7) is 0.790. The monoisotopic (exact) mass is 321 g/mol. The van der Waals surface area contributed by atoms with Gasteiger partial charge in [0.25, 0.3) is 0 Å². The van der Waals surface area contributed by atoms with Gasteiger partial charge in [0, 0.05) is 23.6 Å². The molecule has 0 aromatic carbocycles. The average Bonchev–Trinajstić information content (AvgIpc) is 3.02. The van der Waals surface area contributed by atoms with Gasteiger partial charge in [0.2, 0.25) is 5.95 Å². The Balaban J connectivity index is 1.56. The highest BCUT2D eigenvalue weighted by molar-refractivity contribution is 9.10. The summed E-state index contributed by atoms with van der Waals surface area (Å²) in [6.07, 6.45) is 5.19. The standard InChI is InChI=1S/C11H12BrN7/c12-8-3-4-10-16-11(18-19(10)6-8)13-5-1-2-9-14-7-15-17-9/h3-4,6-7H,1-2,5H2,(H,13,18)(H,14,15,17). The van der Waals surface area contributed by atoms with Gasteiger partial charge in [-0.3, -0.25) is 5.10 Å². The van der Waals surface area contributed by atoms with Crippen LogP contribution in [0, 0.1) is 0 Å². The second-order valence-electron chi connectivity index (χ2n) is 4.05. The van der Waals surface area contributed by atoms with Crippen molar-refractivity contribution in [2.24, 2.45) is 0 Å². The SMILES string of the molecule is Brc1ccc2nc(NCCCc3ncn[nH]3)nn2c1. The van der Waals surface area contributed by atoms with E-state index in [0.29, 0.717) is 5.95 Å². The van der Waals surface area contributed by atoms with Crippen LogP contribution in [0.2, 0.25) is 0 Å². The molecule has 0 aliphatic heterocycles. The third-order valence-corrected chi connectivity index (χ3v) is 3.10. The molecule has 0 amide bonds. The summed E-state index contributed by atoms with van der Waals surface area (Å²) in [5.74, 6) is 1.53. The summed E-state index contributed by atoms with van der Waals surface area (Å²) in [6, 6.07) is 3.86. The van der Waals surface area contributed by atoms with Crippen LogP contribution >= 0.6 is 15.9 Å². The van der Waals surface area contributed by atoms with E-state index in [2.05, 4.69) is 46.5 Å². The Hall–Kier alpha value is -1.96. The van der Waals surface area contributed by atoms with E-state index in [1.54, 1.807) is 4.52 Å². The number of pyridine rings is 1.